The van der Waals surface area contributed by atoms with Crippen LogP contribution in [0.1, 0.15) is 0 Å². The Hall–Kier alpha value is -3.58. The van der Waals surface area contributed by atoms with Gasteiger partial charge in [0.2, 0.25) is 5.91 Å². The molecule has 7 heteroatoms. The molecule has 1 N–H and O–H groups in total. The predicted molar refractivity (Wildman–Crippen MR) is 108 cm³/mol. The van der Waals surface area contributed by atoms with Gasteiger partial charge in [-0.1, -0.05) is 12.1 Å². The standard InChI is InChI=1S/C21H19N5O2/c1-26-12-14(11-23-26)19-10-17(18-5-3-4-8-22-18)16-7-6-15(9-20(16)25-19)24-21(27)13-28-2/h3-12H,13H2,1-2H3,(H,24,27). The summed E-state index contributed by atoms with van der Waals surface area (Å²) in [6.07, 6.45) is 5.46. The van der Waals surface area contributed by atoms with Crippen LogP contribution in [0.15, 0.2) is 61.1 Å². The van der Waals surface area contributed by atoms with Crippen molar-refractivity contribution in [2.75, 3.05) is 19.0 Å². The number of hydrogen-bond acceptors (Lipinski definition) is 5. The molecule has 3 heterocycles. The van der Waals surface area contributed by atoms with Crippen LogP contribution in [0.3, 0.4) is 0 Å². The minimum Gasteiger partial charge on any atom is -0.375 e. The lowest BCUT2D eigenvalue weighted by Crippen LogP contribution is -2.17. The molecule has 7 nitrogen and oxygen atoms in total. The average Bonchev–Trinajstić information content (AvgIpc) is 3.14. The third kappa shape index (κ3) is 3.60. The van der Waals surface area contributed by atoms with Crippen molar-refractivity contribution in [2.45, 2.75) is 0 Å². The Balaban J connectivity index is 1.87. The topological polar surface area (TPSA) is 81.9 Å². The monoisotopic (exact) mass is 373 g/mol. The summed E-state index contributed by atoms with van der Waals surface area (Å²) in [5.74, 6) is -0.213. The van der Waals surface area contributed by atoms with Crippen LogP contribution in [0.2, 0.25) is 0 Å². The molecule has 0 radical (unpaired) electrons. The summed E-state index contributed by atoms with van der Waals surface area (Å²) in [5.41, 5.74) is 4.96. The lowest BCUT2D eigenvalue weighted by molar-refractivity contribution is -0.119. The number of ether oxygens (including phenoxy) is 1. The normalized spacial score (nSPS) is 10.9. The first-order valence-electron chi connectivity index (χ1n) is 8.78. The van der Waals surface area contributed by atoms with Gasteiger partial charge in [0.05, 0.1) is 23.1 Å². The molecule has 0 bridgehead atoms. The Bertz CT molecular complexity index is 1140. The number of rotatable bonds is 5. The van der Waals surface area contributed by atoms with Crippen molar-refractivity contribution >= 4 is 22.5 Å². The highest BCUT2D eigenvalue weighted by molar-refractivity contribution is 5.99. The van der Waals surface area contributed by atoms with Crippen LogP contribution in [0.5, 0.6) is 0 Å². The number of methoxy groups -OCH3 is 1. The third-order valence-corrected chi connectivity index (χ3v) is 4.31. The zero-order valence-corrected chi connectivity index (χ0v) is 15.6. The fourth-order valence-corrected chi connectivity index (χ4v) is 3.07. The van der Waals surface area contributed by atoms with E-state index in [4.69, 9.17) is 9.72 Å². The fraction of sp³-hybridized carbons (Fsp3) is 0.143. The fourth-order valence-electron chi connectivity index (χ4n) is 3.07. The molecule has 0 aliphatic heterocycles. The first-order chi connectivity index (χ1) is 13.6. The van der Waals surface area contributed by atoms with Crippen molar-refractivity contribution < 1.29 is 9.53 Å². The maximum Gasteiger partial charge on any atom is 0.250 e. The Morgan fingerprint density at radius 3 is 2.79 bits per heavy atom. The number of benzene rings is 1. The molecule has 0 aliphatic rings. The van der Waals surface area contributed by atoms with E-state index < -0.39 is 0 Å². The van der Waals surface area contributed by atoms with Gasteiger partial charge in [-0.3, -0.25) is 14.5 Å². The Kier molecular flexibility index (Phi) is 4.82. The molecular formula is C21H19N5O2. The Labute approximate surface area is 162 Å². The highest BCUT2D eigenvalue weighted by Crippen LogP contribution is 2.32. The number of nitrogens with one attached hydrogen (secondary N) is 1. The number of aryl methyl sites for hydroxylation is 1. The molecule has 3 aromatic heterocycles. The van der Waals surface area contributed by atoms with E-state index in [2.05, 4.69) is 15.4 Å². The predicted octanol–water partition coefficient (Wildman–Crippen LogP) is 3.28. The molecule has 1 amide bonds. The van der Waals surface area contributed by atoms with Crippen molar-refractivity contribution in [2.24, 2.45) is 7.05 Å². The van der Waals surface area contributed by atoms with E-state index in [9.17, 15) is 4.79 Å². The van der Waals surface area contributed by atoms with E-state index in [-0.39, 0.29) is 12.5 Å². The van der Waals surface area contributed by atoms with Gasteiger partial charge in [-0.05, 0) is 30.3 Å². The Morgan fingerprint density at radius 1 is 1.18 bits per heavy atom. The number of pyridine rings is 2. The minimum atomic E-state index is -0.213. The van der Waals surface area contributed by atoms with Gasteiger partial charge in [0.25, 0.3) is 0 Å². The minimum absolute atomic E-state index is 0.000373. The summed E-state index contributed by atoms with van der Waals surface area (Å²) >= 11 is 0. The summed E-state index contributed by atoms with van der Waals surface area (Å²) in [5, 5.41) is 8.02. The van der Waals surface area contributed by atoms with Crippen LogP contribution >= 0.6 is 0 Å². The smallest absolute Gasteiger partial charge is 0.250 e. The molecule has 1 aromatic carbocycles. The highest BCUT2D eigenvalue weighted by atomic mass is 16.5. The number of carbonyl (C=O) groups is 1. The second kappa shape index (κ2) is 7.58. The van der Waals surface area contributed by atoms with Gasteiger partial charge in [-0.15, -0.1) is 0 Å². The molecule has 140 valence electrons. The van der Waals surface area contributed by atoms with E-state index >= 15 is 0 Å². The lowest BCUT2D eigenvalue weighted by atomic mass is 10.0. The summed E-state index contributed by atoms with van der Waals surface area (Å²) in [6.45, 7) is 0.000373. The second-order valence-electron chi connectivity index (χ2n) is 6.39. The molecule has 4 rings (SSSR count). The second-order valence-corrected chi connectivity index (χ2v) is 6.39. The maximum absolute atomic E-state index is 11.9. The number of hydrogen-bond donors (Lipinski definition) is 1. The van der Waals surface area contributed by atoms with Crippen molar-refractivity contribution in [3.8, 4) is 22.5 Å². The van der Waals surface area contributed by atoms with Crippen molar-refractivity contribution in [3.63, 3.8) is 0 Å². The van der Waals surface area contributed by atoms with Crippen molar-refractivity contribution in [1.82, 2.24) is 19.7 Å². The number of amides is 1. The number of fused-ring (bicyclic) bond motifs is 1. The first kappa shape index (κ1) is 17.8. The number of anilines is 1. The molecule has 0 spiro atoms. The van der Waals surface area contributed by atoms with Crippen LogP contribution in [0.25, 0.3) is 33.4 Å². The third-order valence-electron chi connectivity index (χ3n) is 4.31. The Morgan fingerprint density at radius 2 is 2.07 bits per heavy atom. The SMILES string of the molecule is COCC(=O)Nc1ccc2c(-c3ccccn3)cc(-c3cnn(C)c3)nc2c1. The van der Waals surface area contributed by atoms with Crippen LogP contribution < -0.4 is 5.32 Å². The molecule has 0 atom stereocenters. The van der Waals surface area contributed by atoms with Gasteiger partial charge in [0.1, 0.15) is 6.61 Å². The van der Waals surface area contributed by atoms with E-state index in [1.165, 1.54) is 7.11 Å². The average molecular weight is 373 g/mol. The van der Waals surface area contributed by atoms with Crippen LogP contribution in [0.4, 0.5) is 5.69 Å². The molecule has 28 heavy (non-hydrogen) atoms. The maximum atomic E-state index is 11.9. The zero-order valence-electron chi connectivity index (χ0n) is 15.6. The zero-order chi connectivity index (χ0) is 19.5. The molecule has 0 aliphatic carbocycles. The lowest BCUT2D eigenvalue weighted by Gasteiger charge is -2.11. The summed E-state index contributed by atoms with van der Waals surface area (Å²) in [6, 6.07) is 13.5. The van der Waals surface area contributed by atoms with E-state index in [1.807, 2.05) is 55.7 Å². The van der Waals surface area contributed by atoms with Gasteiger partial charge in [-0.25, -0.2) is 4.98 Å². The van der Waals surface area contributed by atoms with Gasteiger partial charge < -0.3 is 10.1 Å². The van der Waals surface area contributed by atoms with E-state index in [0.717, 1.165) is 33.4 Å². The van der Waals surface area contributed by atoms with Crippen molar-refractivity contribution in [1.29, 1.82) is 0 Å². The number of nitrogens with zero attached hydrogens (tertiary/aromatic N) is 4. The van der Waals surface area contributed by atoms with Crippen molar-refractivity contribution in [3.05, 3.63) is 61.1 Å². The molecule has 4 aromatic rings. The van der Waals surface area contributed by atoms with E-state index in [0.29, 0.717) is 5.69 Å². The molecular weight excluding hydrogens is 354 g/mol. The van der Waals surface area contributed by atoms with Gasteiger partial charge in [0, 0.05) is 48.8 Å². The van der Waals surface area contributed by atoms with E-state index in [1.54, 1.807) is 17.1 Å². The molecule has 0 fully saturated rings. The molecule has 0 saturated carbocycles. The largest absolute Gasteiger partial charge is 0.375 e. The summed E-state index contributed by atoms with van der Waals surface area (Å²) in [7, 11) is 3.36. The number of carbonyl (C=O) groups excluding carboxylic acids is 1. The van der Waals surface area contributed by atoms with Crippen LogP contribution in [-0.4, -0.2) is 39.4 Å². The van der Waals surface area contributed by atoms with Gasteiger partial charge >= 0.3 is 0 Å². The van der Waals surface area contributed by atoms with Crippen LogP contribution in [-0.2, 0) is 16.6 Å². The summed E-state index contributed by atoms with van der Waals surface area (Å²) in [4.78, 5) is 21.1. The number of aromatic nitrogens is 4. The molecule has 0 saturated heterocycles. The summed E-state index contributed by atoms with van der Waals surface area (Å²) < 4.78 is 6.61. The van der Waals surface area contributed by atoms with Crippen LogP contribution in [0, 0.1) is 0 Å². The first-order valence-corrected chi connectivity index (χ1v) is 8.78. The quantitative estimate of drug-likeness (QED) is 0.581. The molecule has 0 unspecified atom stereocenters. The van der Waals surface area contributed by atoms with Gasteiger partial charge in [-0.2, -0.15) is 5.10 Å². The van der Waals surface area contributed by atoms with Gasteiger partial charge in [0.15, 0.2) is 0 Å². The highest BCUT2D eigenvalue weighted by Gasteiger charge is 2.12.